The lowest BCUT2D eigenvalue weighted by atomic mass is 9.95. The number of para-hydroxylation sites is 1. The van der Waals surface area contributed by atoms with Crippen molar-refractivity contribution in [2.45, 2.75) is 32.6 Å². The SMILES string of the molecule is CCCC(C)c1ccccc1N(C)C. The van der Waals surface area contributed by atoms with Crippen LogP contribution in [0, 0.1) is 0 Å². The van der Waals surface area contributed by atoms with Crippen LogP contribution in [0.4, 0.5) is 5.69 Å². The zero-order valence-electron chi connectivity index (χ0n) is 9.75. The van der Waals surface area contributed by atoms with Gasteiger partial charge in [-0.05, 0) is 24.0 Å². The molecule has 0 aliphatic rings. The summed E-state index contributed by atoms with van der Waals surface area (Å²) in [6.45, 7) is 4.56. The van der Waals surface area contributed by atoms with Crippen molar-refractivity contribution in [1.82, 2.24) is 0 Å². The second-order valence-corrected chi connectivity index (χ2v) is 4.14. The molecule has 0 aliphatic heterocycles. The summed E-state index contributed by atoms with van der Waals surface area (Å²) in [6, 6.07) is 8.68. The minimum atomic E-state index is 0.665. The van der Waals surface area contributed by atoms with Gasteiger partial charge in [0.1, 0.15) is 0 Å². The van der Waals surface area contributed by atoms with E-state index in [4.69, 9.17) is 0 Å². The van der Waals surface area contributed by atoms with Gasteiger partial charge in [-0.15, -0.1) is 0 Å². The van der Waals surface area contributed by atoms with Gasteiger partial charge in [0.05, 0.1) is 0 Å². The van der Waals surface area contributed by atoms with Gasteiger partial charge in [0.25, 0.3) is 0 Å². The molecule has 1 aromatic carbocycles. The van der Waals surface area contributed by atoms with E-state index >= 15 is 0 Å². The predicted molar refractivity (Wildman–Crippen MR) is 64.1 cm³/mol. The average molecular weight is 191 g/mol. The fourth-order valence-electron chi connectivity index (χ4n) is 1.90. The standard InChI is InChI=1S/C13H21N/c1-5-8-11(2)12-9-6-7-10-13(12)14(3)4/h6-7,9-11H,5,8H2,1-4H3. The van der Waals surface area contributed by atoms with Crippen LogP contribution in [0.1, 0.15) is 38.2 Å². The highest BCUT2D eigenvalue weighted by atomic mass is 15.1. The number of benzene rings is 1. The van der Waals surface area contributed by atoms with Crippen molar-refractivity contribution in [3.63, 3.8) is 0 Å². The first-order chi connectivity index (χ1) is 6.66. The van der Waals surface area contributed by atoms with Gasteiger partial charge >= 0.3 is 0 Å². The zero-order chi connectivity index (χ0) is 10.6. The van der Waals surface area contributed by atoms with Crippen LogP contribution in [0.15, 0.2) is 24.3 Å². The Labute approximate surface area is 87.7 Å². The summed E-state index contributed by atoms with van der Waals surface area (Å²) in [5, 5.41) is 0. The van der Waals surface area contributed by atoms with Gasteiger partial charge in [0.2, 0.25) is 0 Å². The molecule has 1 atom stereocenters. The first-order valence-corrected chi connectivity index (χ1v) is 5.43. The van der Waals surface area contributed by atoms with Crippen molar-refractivity contribution in [1.29, 1.82) is 0 Å². The minimum Gasteiger partial charge on any atom is -0.377 e. The van der Waals surface area contributed by atoms with Crippen LogP contribution in [0.25, 0.3) is 0 Å². The number of hydrogen-bond acceptors (Lipinski definition) is 1. The Hall–Kier alpha value is -0.980. The molecule has 78 valence electrons. The summed E-state index contributed by atoms with van der Waals surface area (Å²) in [6.07, 6.45) is 2.52. The van der Waals surface area contributed by atoms with Crippen LogP contribution in [0.2, 0.25) is 0 Å². The quantitative estimate of drug-likeness (QED) is 0.702. The highest BCUT2D eigenvalue weighted by Gasteiger charge is 2.09. The van der Waals surface area contributed by atoms with E-state index < -0.39 is 0 Å². The molecule has 0 saturated heterocycles. The Morgan fingerprint density at radius 2 is 1.86 bits per heavy atom. The Kier molecular flexibility index (Phi) is 3.99. The van der Waals surface area contributed by atoms with Gasteiger partial charge in [-0.2, -0.15) is 0 Å². The lowest BCUT2D eigenvalue weighted by Gasteiger charge is -2.21. The first-order valence-electron chi connectivity index (χ1n) is 5.43. The number of hydrogen-bond donors (Lipinski definition) is 0. The summed E-state index contributed by atoms with van der Waals surface area (Å²) < 4.78 is 0. The summed E-state index contributed by atoms with van der Waals surface area (Å²) in [4.78, 5) is 2.20. The molecule has 0 heterocycles. The molecule has 1 aromatic rings. The second kappa shape index (κ2) is 5.04. The molecule has 1 unspecified atom stereocenters. The van der Waals surface area contributed by atoms with E-state index in [-0.39, 0.29) is 0 Å². The van der Waals surface area contributed by atoms with Crippen LogP contribution in [-0.4, -0.2) is 14.1 Å². The van der Waals surface area contributed by atoms with E-state index in [9.17, 15) is 0 Å². The third-order valence-corrected chi connectivity index (χ3v) is 2.67. The molecule has 1 heteroatoms. The Bertz CT molecular complexity index is 278. The number of nitrogens with zero attached hydrogens (tertiary/aromatic N) is 1. The van der Waals surface area contributed by atoms with E-state index in [2.05, 4.69) is 57.1 Å². The Morgan fingerprint density at radius 1 is 1.21 bits per heavy atom. The third kappa shape index (κ3) is 2.50. The molecule has 0 N–H and O–H groups in total. The molecule has 1 nitrogen and oxygen atoms in total. The van der Waals surface area contributed by atoms with Gasteiger partial charge < -0.3 is 4.90 Å². The molecule has 0 amide bonds. The van der Waals surface area contributed by atoms with Crippen LogP contribution in [0.3, 0.4) is 0 Å². The van der Waals surface area contributed by atoms with E-state index in [0.717, 1.165) is 0 Å². The highest BCUT2D eigenvalue weighted by Crippen LogP contribution is 2.28. The van der Waals surface area contributed by atoms with Gasteiger partial charge in [-0.1, -0.05) is 38.5 Å². The summed E-state index contributed by atoms with van der Waals surface area (Å²) in [5.41, 5.74) is 2.83. The topological polar surface area (TPSA) is 3.24 Å². The van der Waals surface area contributed by atoms with Gasteiger partial charge in [0, 0.05) is 19.8 Å². The third-order valence-electron chi connectivity index (χ3n) is 2.67. The molecular formula is C13H21N. The largest absolute Gasteiger partial charge is 0.377 e. The predicted octanol–water partition coefficient (Wildman–Crippen LogP) is 3.66. The van der Waals surface area contributed by atoms with E-state index in [0.29, 0.717) is 5.92 Å². The molecule has 0 saturated carbocycles. The van der Waals surface area contributed by atoms with E-state index in [1.165, 1.54) is 24.1 Å². The lowest BCUT2D eigenvalue weighted by Crippen LogP contribution is -2.12. The summed E-state index contributed by atoms with van der Waals surface area (Å²) in [7, 11) is 4.22. The highest BCUT2D eigenvalue weighted by molar-refractivity contribution is 5.53. The van der Waals surface area contributed by atoms with E-state index in [1.54, 1.807) is 0 Å². The Morgan fingerprint density at radius 3 is 2.43 bits per heavy atom. The monoisotopic (exact) mass is 191 g/mol. The fourth-order valence-corrected chi connectivity index (χ4v) is 1.90. The van der Waals surface area contributed by atoms with Crippen molar-refractivity contribution in [3.05, 3.63) is 29.8 Å². The molecule has 1 rings (SSSR count). The number of rotatable bonds is 4. The van der Waals surface area contributed by atoms with Crippen molar-refractivity contribution in [3.8, 4) is 0 Å². The molecule has 14 heavy (non-hydrogen) atoms. The van der Waals surface area contributed by atoms with Gasteiger partial charge in [0.15, 0.2) is 0 Å². The van der Waals surface area contributed by atoms with Crippen LogP contribution in [0.5, 0.6) is 0 Å². The van der Waals surface area contributed by atoms with E-state index in [1.807, 2.05) is 0 Å². The van der Waals surface area contributed by atoms with Crippen molar-refractivity contribution in [2.75, 3.05) is 19.0 Å². The molecule has 0 radical (unpaired) electrons. The average Bonchev–Trinajstić information content (AvgIpc) is 2.18. The minimum absolute atomic E-state index is 0.665. The van der Waals surface area contributed by atoms with Crippen LogP contribution < -0.4 is 4.90 Å². The smallest absolute Gasteiger partial charge is 0.0396 e. The number of anilines is 1. The maximum Gasteiger partial charge on any atom is 0.0396 e. The maximum atomic E-state index is 2.31. The molecule has 0 fully saturated rings. The van der Waals surface area contributed by atoms with Crippen molar-refractivity contribution >= 4 is 5.69 Å². The normalized spacial score (nSPS) is 12.6. The summed E-state index contributed by atoms with van der Waals surface area (Å²) in [5.74, 6) is 0.665. The summed E-state index contributed by atoms with van der Waals surface area (Å²) >= 11 is 0. The first kappa shape index (κ1) is 11.1. The Balaban J connectivity index is 2.94. The van der Waals surface area contributed by atoms with Crippen molar-refractivity contribution < 1.29 is 0 Å². The molecular weight excluding hydrogens is 170 g/mol. The van der Waals surface area contributed by atoms with Crippen LogP contribution in [-0.2, 0) is 0 Å². The molecule has 0 spiro atoms. The van der Waals surface area contributed by atoms with Crippen molar-refractivity contribution in [2.24, 2.45) is 0 Å². The maximum absolute atomic E-state index is 2.31. The second-order valence-electron chi connectivity index (χ2n) is 4.14. The lowest BCUT2D eigenvalue weighted by molar-refractivity contribution is 0.664. The van der Waals surface area contributed by atoms with Gasteiger partial charge in [-0.3, -0.25) is 0 Å². The van der Waals surface area contributed by atoms with Crippen LogP contribution >= 0.6 is 0 Å². The molecule has 0 bridgehead atoms. The zero-order valence-corrected chi connectivity index (χ0v) is 9.75. The van der Waals surface area contributed by atoms with Gasteiger partial charge in [-0.25, -0.2) is 0 Å². The molecule has 0 aliphatic carbocycles. The fraction of sp³-hybridized carbons (Fsp3) is 0.538. The molecule has 0 aromatic heterocycles.